The lowest BCUT2D eigenvalue weighted by atomic mass is 10.4. The molecule has 4 nitrogen and oxygen atoms in total. The third kappa shape index (κ3) is 2.02. The highest BCUT2D eigenvalue weighted by atomic mass is 127. The normalized spacial score (nSPS) is 10.2. The van der Waals surface area contributed by atoms with E-state index in [1.165, 1.54) is 2.78 Å². The summed E-state index contributed by atoms with van der Waals surface area (Å²) in [7, 11) is 0. The van der Waals surface area contributed by atoms with Crippen LogP contribution in [0.1, 0.15) is 5.56 Å². The Morgan fingerprint density at radius 3 is 2.42 bits per heavy atom. The molecule has 1 aromatic heterocycles. The molecule has 0 unspecified atom stereocenters. The predicted molar refractivity (Wildman–Crippen MR) is 71.5 cm³/mol. The summed E-state index contributed by atoms with van der Waals surface area (Å²) >= 11 is 5.65. The zero-order valence-electron chi connectivity index (χ0n) is 5.63. The summed E-state index contributed by atoms with van der Waals surface area (Å²) in [5.74, 6) is 0. The first-order valence-corrected chi connectivity index (χ1v) is 6.29. The number of hydrogen-bond donors (Lipinski definition) is 0. The van der Waals surface area contributed by atoms with Crippen molar-refractivity contribution < 1.29 is 0 Å². The molecule has 0 atom stereocenters. The van der Waals surface area contributed by atoms with Crippen LogP contribution < -0.4 is 11.2 Å². The topological polar surface area (TPSA) is 44.0 Å². The fourth-order valence-electron chi connectivity index (χ4n) is 0.636. The van der Waals surface area contributed by atoms with Crippen LogP contribution in [0.5, 0.6) is 0 Å². The van der Waals surface area contributed by atoms with Gasteiger partial charge < -0.3 is 0 Å². The minimum absolute atomic E-state index is 0.220. The Labute approximate surface area is 109 Å². The zero-order valence-corrected chi connectivity index (χ0v) is 12.1. The van der Waals surface area contributed by atoms with Gasteiger partial charge >= 0.3 is 5.69 Å². The fraction of sp³-hybridized carbons (Fsp3) is 0.200. The summed E-state index contributed by atoms with van der Waals surface area (Å²) < 4.78 is 3.07. The van der Waals surface area contributed by atoms with Crippen molar-refractivity contribution in [2.24, 2.45) is 0 Å². The Bertz CT molecular complexity index is 408. The Morgan fingerprint density at radius 1 is 1.33 bits per heavy atom. The van der Waals surface area contributed by atoms with E-state index in [0.29, 0.717) is 9.99 Å². The van der Waals surface area contributed by atoms with Gasteiger partial charge in [0, 0.05) is 16.2 Å². The van der Waals surface area contributed by atoms with Gasteiger partial charge in [0.15, 0.2) is 0 Å². The molecule has 0 radical (unpaired) electrons. The first-order valence-electron chi connectivity index (χ1n) is 2.83. The van der Waals surface area contributed by atoms with E-state index >= 15 is 0 Å². The summed E-state index contributed by atoms with van der Waals surface area (Å²) in [6.45, 7) is 0. The fourth-order valence-corrected chi connectivity index (χ4v) is 2.67. The van der Waals surface area contributed by atoms with E-state index in [1.807, 2.05) is 22.9 Å². The highest BCUT2D eigenvalue weighted by Gasteiger charge is 2.06. The van der Waals surface area contributed by atoms with Gasteiger partial charge in [-0.1, -0.05) is 22.6 Å². The summed E-state index contributed by atoms with van der Waals surface area (Å²) in [5, 5.41) is 0. The molecular formula is C5H3I3N2O2. The van der Waals surface area contributed by atoms with E-state index in [0.717, 1.165) is 2.78 Å². The molecule has 1 rings (SSSR count). The molecule has 0 saturated heterocycles. The number of aromatic nitrogens is 2. The van der Waals surface area contributed by atoms with Crippen LogP contribution in [0.15, 0.2) is 15.8 Å². The highest BCUT2D eigenvalue weighted by Crippen LogP contribution is 2.00. The van der Waals surface area contributed by atoms with Crippen molar-refractivity contribution in [3.63, 3.8) is 0 Å². The summed E-state index contributed by atoms with van der Waals surface area (Å²) in [5.41, 5.74) is 0.108. The van der Waals surface area contributed by atoms with Crippen LogP contribution in [0.4, 0.5) is 0 Å². The minimum atomic E-state index is -0.310. The molecule has 0 aliphatic carbocycles. The molecule has 0 bridgehead atoms. The Kier molecular flexibility index (Phi) is 4.01. The lowest BCUT2D eigenvalue weighted by Crippen LogP contribution is -2.33. The van der Waals surface area contributed by atoms with Gasteiger partial charge in [-0.15, -0.1) is 0 Å². The van der Waals surface area contributed by atoms with E-state index < -0.39 is 0 Å². The largest absolute Gasteiger partial charge is 0.349 e. The van der Waals surface area contributed by atoms with Crippen LogP contribution in [-0.4, -0.2) is 5.56 Å². The molecule has 1 aromatic rings. The molecule has 0 saturated carbocycles. The van der Waals surface area contributed by atoms with Crippen LogP contribution in [0.3, 0.4) is 0 Å². The molecule has 0 fully saturated rings. The van der Waals surface area contributed by atoms with Gasteiger partial charge in [0.2, 0.25) is 0 Å². The maximum atomic E-state index is 11.3. The van der Waals surface area contributed by atoms with Crippen molar-refractivity contribution >= 4 is 68.3 Å². The molecule has 1 heterocycles. The van der Waals surface area contributed by atoms with Gasteiger partial charge in [0.1, 0.15) is 0 Å². The van der Waals surface area contributed by atoms with Gasteiger partial charge in [0.05, 0.1) is 45.7 Å². The second kappa shape index (κ2) is 4.39. The number of alkyl halides is 1. The van der Waals surface area contributed by atoms with Crippen LogP contribution in [0, 0.1) is 0 Å². The molecule has 0 aliphatic rings. The maximum absolute atomic E-state index is 11.3. The Hall–Kier alpha value is 0.870. The van der Waals surface area contributed by atoms with Crippen molar-refractivity contribution in [3.05, 3.63) is 32.6 Å². The van der Waals surface area contributed by atoms with Crippen molar-refractivity contribution in [2.45, 2.75) is 4.43 Å². The quantitative estimate of drug-likeness (QED) is 0.429. The first-order chi connectivity index (χ1) is 5.57. The number of halogens is 3. The second-order valence-electron chi connectivity index (χ2n) is 1.97. The van der Waals surface area contributed by atoms with Gasteiger partial charge in [-0.25, -0.2) is 7.58 Å². The van der Waals surface area contributed by atoms with E-state index in [9.17, 15) is 9.59 Å². The van der Waals surface area contributed by atoms with Crippen molar-refractivity contribution in [3.8, 4) is 0 Å². The van der Waals surface area contributed by atoms with Crippen LogP contribution in [0.25, 0.3) is 0 Å². The molecule has 0 aromatic carbocycles. The average Bonchev–Trinajstić information content (AvgIpc) is 2.08. The summed E-state index contributed by atoms with van der Waals surface area (Å²) in [6.07, 6.45) is 1.56. The first kappa shape index (κ1) is 10.9. The highest BCUT2D eigenvalue weighted by molar-refractivity contribution is 14.1. The van der Waals surface area contributed by atoms with E-state index in [1.54, 1.807) is 29.1 Å². The third-order valence-electron chi connectivity index (χ3n) is 1.22. The van der Waals surface area contributed by atoms with Gasteiger partial charge in [-0.2, -0.15) is 2.78 Å². The maximum Gasteiger partial charge on any atom is 0.349 e. The van der Waals surface area contributed by atoms with Crippen molar-refractivity contribution in [1.82, 2.24) is 5.56 Å². The standard InChI is InChI=1S/C5H3I3N2O2/c6-1-3-2-9(7)5(12)10(8)4(3)11/h2H,1H2. The average molecular weight is 504 g/mol. The number of hydrogen-bond acceptors (Lipinski definition) is 2. The van der Waals surface area contributed by atoms with E-state index in [2.05, 4.69) is 22.6 Å². The lowest BCUT2D eigenvalue weighted by molar-refractivity contribution is 0.967. The van der Waals surface area contributed by atoms with Crippen molar-refractivity contribution in [1.29, 1.82) is 0 Å². The molecule has 0 aliphatic heterocycles. The summed E-state index contributed by atoms with van der Waals surface area (Å²) in [4.78, 5) is 22.5. The van der Waals surface area contributed by atoms with E-state index in [-0.39, 0.29) is 11.2 Å². The lowest BCUT2D eigenvalue weighted by Gasteiger charge is -1.99. The molecule has 7 heteroatoms. The number of nitrogens with zero attached hydrogens (tertiary/aromatic N) is 2. The predicted octanol–water partition coefficient (Wildman–Crippen LogP) is 1.34. The molecule has 0 amide bonds. The SMILES string of the molecule is O=c1c(CI)cn(I)c(=O)n1I. The Morgan fingerprint density at radius 2 is 1.92 bits per heavy atom. The molecule has 0 N–H and O–H groups in total. The second-order valence-corrected chi connectivity index (χ2v) is 4.73. The monoisotopic (exact) mass is 504 g/mol. The third-order valence-corrected chi connectivity index (χ3v) is 3.58. The van der Waals surface area contributed by atoms with Crippen LogP contribution in [0.2, 0.25) is 0 Å². The molecule has 0 spiro atoms. The van der Waals surface area contributed by atoms with Gasteiger partial charge in [0.25, 0.3) is 5.56 Å². The van der Waals surface area contributed by atoms with Gasteiger partial charge in [-0.05, 0) is 0 Å². The van der Waals surface area contributed by atoms with Crippen LogP contribution in [-0.2, 0) is 4.43 Å². The van der Waals surface area contributed by atoms with E-state index in [4.69, 9.17) is 0 Å². The van der Waals surface area contributed by atoms with Crippen molar-refractivity contribution in [2.75, 3.05) is 0 Å². The minimum Gasteiger partial charge on any atom is -0.268 e. The summed E-state index contributed by atoms with van der Waals surface area (Å²) in [6, 6.07) is 0. The molecule has 12 heavy (non-hydrogen) atoms. The van der Waals surface area contributed by atoms with Gasteiger partial charge in [-0.3, -0.25) is 4.79 Å². The zero-order chi connectivity index (χ0) is 9.30. The smallest absolute Gasteiger partial charge is 0.268 e. The number of rotatable bonds is 1. The Balaban J connectivity index is 3.61. The van der Waals surface area contributed by atoms with Crippen LogP contribution >= 0.6 is 68.3 Å². The molecule has 66 valence electrons. The molecular weight excluding hydrogens is 501 g/mol.